The van der Waals surface area contributed by atoms with Crippen molar-refractivity contribution in [2.24, 2.45) is 0 Å². The molecule has 1 aromatic heterocycles. The van der Waals surface area contributed by atoms with Gasteiger partial charge in [-0.25, -0.2) is 8.42 Å². The third-order valence-corrected chi connectivity index (χ3v) is 7.75. The number of carbonyl (C=O) groups is 1. The Morgan fingerprint density at radius 3 is 2.20 bits per heavy atom. The van der Waals surface area contributed by atoms with Crippen LogP contribution >= 0.6 is 11.3 Å². The molecular formula is C18H22N2O3S2. The van der Waals surface area contributed by atoms with Crippen molar-refractivity contribution < 1.29 is 13.2 Å². The lowest BCUT2D eigenvalue weighted by Crippen LogP contribution is -2.49. The van der Waals surface area contributed by atoms with Gasteiger partial charge in [0.2, 0.25) is 0 Å². The van der Waals surface area contributed by atoms with Gasteiger partial charge in [-0.1, -0.05) is 29.8 Å². The first-order valence-corrected chi connectivity index (χ1v) is 10.5. The molecule has 0 bridgehead atoms. The molecule has 1 saturated heterocycles. The molecule has 0 atom stereocenters. The first-order chi connectivity index (χ1) is 11.9. The smallest absolute Gasteiger partial charge is 0.252 e. The molecule has 25 heavy (non-hydrogen) atoms. The molecule has 134 valence electrons. The van der Waals surface area contributed by atoms with Crippen LogP contribution in [-0.2, 0) is 10.0 Å². The van der Waals surface area contributed by atoms with Crippen LogP contribution in [0.5, 0.6) is 0 Å². The van der Waals surface area contributed by atoms with Gasteiger partial charge in [-0.15, -0.1) is 11.3 Å². The highest BCUT2D eigenvalue weighted by molar-refractivity contribution is 7.91. The first kappa shape index (κ1) is 18.3. The number of hydrogen-bond donors (Lipinski definition) is 0. The van der Waals surface area contributed by atoms with E-state index in [1.54, 1.807) is 6.07 Å². The summed E-state index contributed by atoms with van der Waals surface area (Å²) in [5, 5.41) is 0. The lowest BCUT2D eigenvalue weighted by Gasteiger charge is -2.33. The van der Waals surface area contributed by atoms with Crippen molar-refractivity contribution in [2.45, 2.75) is 18.1 Å². The second-order valence-corrected chi connectivity index (χ2v) is 9.79. The van der Waals surface area contributed by atoms with Gasteiger partial charge in [-0.05, 0) is 26.0 Å². The Morgan fingerprint density at radius 1 is 1.00 bits per heavy atom. The standard InChI is InChI=1S/C18H22N2O3S2/c1-14-3-6-16(7-4-14)17(21)13-19-9-11-20(12-10-19)25(22,23)18-8-5-15(2)24-18/h3-8H,9-13H2,1-2H3. The first-order valence-electron chi connectivity index (χ1n) is 8.25. The van der Waals surface area contributed by atoms with Crippen molar-refractivity contribution in [3.8, 4) is 0 Å². The number of rotatable bonds is 5. The van der Waals surface area contributed by atoms with Crippen LogP contribution in [0.25, 0.3) is 0 Å². The number of thiophene rings is 1. The van der Waals surface area contributed by atoms with Crippen molar-refractivity contribution in [1.29, 1.82) is 0 Å². The van der Waals surface area contributed by atoms with Crippen LogP contribution < -0.4 is 0 Å². The van der Waals surface area contributed by atoms with Gasteiger partial charge in [0.1, 0.15) is 4.21 Å². The van der Waals surface area contributed by atoms with Crippen molar-refractivity contribution in [2.75, 3.05) is 32.7 Å². The van der Waals surface area contributed by atoms with Crippen molar-refractivity contribution in [3.05, 3.63) is 52.4 Å². The Bertz CT molecular complexity index is 849. The van der Waals surface area contributed by atoms with Crippen molar-refractivity contribution >= 4 is 27.1 Å². The summed E-state index contributed by atoms with van der Waals surface area (Å²) in [4.78, 5) is 15.4. The number of hydrogen-bond acceptors (Lipinski definition) is 5. The number of aryl methyl sites for hydroxylation is 2. The monoisotopic (exact) mass is 378 g/mol. The van der Waals surface area contributed by atoms with Gasteiger partial charge in [0.15, 0.2) is 5.78 Å². The Morgan fingerprint density at radius 2 is 1.64 bits per heavy atom. The summed E-state index contributed by atoms with van der Waals surface area (Å²) in [6.45, 7) is 6.19. The highest BCUT2D eigenvalue weighted by Gasteiger charge is 2.30. The highest BCUT2D eigenvalue weighted by Crippen LogP contribution is 2.25. The van der Waals surface area contributed by atoms with Gasteiger partial charge < -0.3 is 0 Å². The molecule has 0 aliphatic carbocycles. The van der Waals surface area contributed by atoms with Gasteiger partial charge in [0.05, 0.1) is 6.54 Å². The summed E-state index contributed by atoms with van der Waals surface area (Å²) in [7, 11) is -3.41. The van der Waals surface area contributed by atoms with Crippen molar-refractivity contribution in [3.63, 3.8) is 0 Å². The Hall–Kier alpha value is -1.54. The fourth-order valence-electron chi connectivity index (χ4n) is 2.84. The van der Waals surface area contributed by atoms with E-state index in [0.717, 1.165) is 10.4 Å². The lowest BCUT2D eigenvalue weighted by molar-refractivity contribution is 0.0902. The van der Waals surface area contributed by atoms with Gasteiger partial charge >= 0.3 is 0 Å². The Kier molecular flexibility index (Phi) is 5.38. The summed E-state index contributed by atoms with van der Waals surface area (Å²) in [5.41, 5.74) is 1.83. The van der Waals surface area contributed by atoms with Crippen LogP contribution in [0.1, 0.15) is 20.8 Å². The maximum atomic E-state index is 12.6. The van der Waals surface area contributed by atoms with E-state index >= 15 is 0 Å². The predicted molar refractivity (Wildman–Crippen MR) is 99.8 cm³/mol. The number of Topliss-reactive ketones (excluding diaryl/α,β-unsaturated/α-hetero) is 1. The summed E-state index contributed by atoms with van der Waals surface area (Å²) in [6, 6.07) is 11.0. The molecule has 1 aliphatic heterocycles. The third-order valence-electron chi connectivity index (χ3n) is 4.38. The topological polar surface area (TPSA) is 57.7 Å². The van der Waals surface area contributed by atoms with Crippen LogP contribution in [0.15, 0.2) is 40.6 Å². The van der Waals surface area contributed by atoms with E-state index in [2.05, 4.69) is 0 Å². The van der Waals surface area contributed by atoms with Crippen LogP contribution in [0.2, 0.25) is 0 Å². The van der Waals surface area contributed by atoms with Crippen LogP contribution in [0.4, 0.5) is 0 Å². The minimum Gasteiger partial charge on any atom is -0.293 e. The fourth-order valence-corrected chi connectivity index (χ4v) is 5.70. The molecule has 1 aliphatic rings. The maximum Gasteiger partial charge on any atom is 0.252 e. The largest absolute Gasteiger partial charge is 0.293 e. The average Bonchev–Trinajstić information content (AvgIpc) is 3.03. The number of piperazine rings is 1. The third kappa shape index (κ3) is 4.17. The molecule has 0 spiro atoms. The molecule has 0 amide bonds. The summed E-state index contributed by atoms with van der Waals surface area (Å²) in [5.74, 6) is 0.0742. The molecule has 0 radical (unpaired) electrons. The number of carbonyl (C=O) groups excluding carboxylic acids is 1. The lowest BCUT2D eigenvalue weighted by atomic mass is 10.1. The second kappa shape index (κ2) is 7.37. The summed E-state index contributed by atoms with van der Waals surface area (Å²) < 4.78 is 27.2. The predicted octanol–water partition coefficient (Wildman–Crippen LogP) is 2.55. The van der Waals surface area contributed by atoms with Crippen LogP contribution in [0.3, 0.4) is 0 Å². The molecule has 2 aromatic rings. The van der Waals surface area contributed by atoms with E-state index in [0.29, 0.717) is 42.5 Å². The summed E-state index contributed by atoms with van der Waals surface area (Å²) >= 11 is 1.30. The quantitative estimate of drug-likeness (QED) is 0.751. The van der Waals surface area contributed by atoms with Crippen molar-refractivity contribution in [1.82, 2.24) is 9.21 Å². The zero-order valence-electron chi connectivity index (χ0n) is 14.4. The number of nitrogens with zero attached hydrogens (tertiary/aromatic N) is 2. The van der Waals surface area contributed by atoms with Crippen LogP contribution in [-0.4, -0.2) is 56.1 Å². The van der Waals surface area contributed by atoms with Gasteiger partial charge in [-0.3, -0.25) is 9.69 Å². The van der Waals surface area contributed by atoms with E-state index in [9.17, 15) is 13.2 Å². The van der Waals surface area contributed by atoms with E-state index in [1.807, 2.05) is 49.1 Å². The maximum absolute atomic E-state index is 12.6. The highest BCUT2D eigenvalue weighted by atomic mass is 32.2. The number of benzene rings is 1. The molecular weight excluding hydrogens is 356 g/mol. The minimum atomic E-state index is -3.41. The van der Waals surface area contributed by atoms with Crippen LogP contribution in [0, 0.1) is 13.8 Å². The fraction of sp³-hybridized carbons (Fsp3) is 0.389. The number of sulfonamides is 1. The molecule has 0 unspecified atom stereocenters. The van der Waals surface area contributed by atoms with E-state index in [-0.39, 0.29) is 5.78 Å². The van der Waals surface area contributed by atoms with E-state index in [1.165, 1.54) is 15.6 Å². The molecule has 0 saturated carbocycles. The Balaban J connectivity index is 1.58. The zero-order valence-corrected chi connectivity index (χ0v) is 16.1. The minimum absolute atomic E-state index is 0.0742. The Labute approximate surface area is 152 Å². The van der Waals surface area contributed by atoms with Gasteiger partial charge in [0, 0.05) is 36.6 Å². The van der Waals surface area contributed by atoms with Gasteiger partial charge in [0.25, 0.3) is 10.0 Å². The molecule has 7 heteroatoms. The van der Waals surface area contributed by atoms with E-state index in [4.69, 9.17) is 0 Å². The SMILES string of the molecule is Cc1ccc(C(=O)CN2CCN(S(=O)(=O)c3ccc(C)s3)CC2)cc1. The molecule has 5 nitrogen and oxygen atoms in total. The summed E-state index contributed by atoms with van der Waals surface area (Å²) in [6.07, 6.45) is 0. The normalized spacial score (nSPS) is 16.9. The zero-order chi connectivity index (χ0) is 18.0. The second-order valence-electron chi connectivity index (χ2n) is 6.33. The molecule has 1 aromatic carbocycles. The molecule has 3 rings (SSSR count). The average molecular weight is 379 g/mol. The molecule has 2 heterocycles. The number of ketones is 1. The molecule has 0 N–H and O–H groups in total. The molecule has 1 fully saturated rings. The van der Waals surface area contributed by atoms with E-state index < -0.39 is 10.0 Å². The van der Waals surface area contributed by atoms with Gasteiger partial charge in [-0.2, -0.15) is 4.31 Å².